The molecule has 0 aromatic heterocycles. The standard InChI is InChI=1S/C14H10BrFO3/c1-8-11(16)7-10(15)13(17)12(8)14(18)19-9-5-3-2-4-6-9/h2-7,17H,1H3. The van der Waals surface area contributed by atoms with Crippen molar-refractivity contribution >= 4 is 21.9 Å². The third-order valence-electron chi connectivity index (χ3n) is 2.61. The van der Waals surface area contributed by atoms with Gasteiger partial charge in [-0.3, -0.25) is 0 Å². The van der Waals surface area contributed by atoms with Crippen molar-refractivity contribution in [3.05, 3.63) is 57.8 Å². The topological polar surface area (TPSA) is 46.5 Å². The summed E-state index contributed by atoms with van der Waals surface area (Å²) < 4.78 is 18.8. The zero-order valence-electron chi connectivity index (χ0n) is 9.98. The van der Waals surface area contributed by atoms with E-state index in [4.69, 9.17) is 4.74 Å². The van der Waals surface area contributed by atoms with Crippen LogP contribution in [0.25, 0.3) is 0 Å². The highest BCUT2D eigenvalue weighted by Crippen LogP contribution is 2.32. The molecule has 2 aromatic carbocycles. The van der Waals surface area contributed by atoms with Gasteiger partial charge in [0.15, 0.2) is 0 Å². The van der Waals surface area contributed by atoms with E-state index in [0.717, 1.165) is 6.07 Å². The van der Waals surface area contributed by atoms with Crippen LogP contribution in [-0.2, 0) is 0 Å². The van der Waals surface area contributed by atoms with Crippen molar-refractivity contribution in [3.63, 3.8) is 0 Å². The molecule has 0 fully saturated rings. The summed E-state index contributed by atoms with van der Waals surface area (Å²) in [6.45, 7) is 1.41. The van der Waals surface area contributed by atoms with Crippen molar-refractivity contribution in [2.45, 2.75) is 6.92 Å². The molecule has 0 saturated heterocycles. The molecule has 98 valence electrons. The quantitative estimate of drug-likeness (QED) is 0.674. The number of phenols is 1. The number of ether oxygens (including phenoxy) is 1. The number of aromatic hydroxyl groups is 1. The van der Waals surface area contributed by atoms with Gasteiger partial charge in [-0.1, -0.05) is 18.2 Å². The van der Waals surface area contributed by atoms with Gasteiger partial charge in [0.25, 0.3) is 0 Å². The van der Waals surface area contributed by atoms with Crippen molar-refractivity contribution in [2.24, 2.45) is 0 Å². The van der Waals surface area contributed by atoms with Gasteiger partial charge < -0.3 is 9.84 Å². The van der Waals surface area contributed by atoms with E-state index in [-0.39, 0.29) is 21.3 Å². The van der Waals surface area contributed by atoms with Gasteiger partial charge in [-0.05, 0) is 41.1 Å². The third kappa shape index (κ3) is 2.76. The molecule has 5 heteroatoms. The number of hydrogen-bond donors (Lipinski definition) is 1. The van der Waals surface area contributed by atoms with Crippen LogP contribution in [0.5, 0.6) is 11.5 Å². The van der Waals surface area contributed by atoms with Gasteiger partial charge in [0, 0.05) is 5.56 Å². The summed E-state index contributed by atoms with van der Waals surface area (Å²) >= 11 is 2.99. The summed E-state index contributed by atoms with van der Waals surface area (Å²) in [7, 11) is 0. The number of carbonyl (C=O) groups excluding carboxylic acids is 1. The van der Waals surface area contributed by atoms with Gasteiger partial charge in [0.1, 0.15) is 22.9 Å². The van der Waals surface area contributed by atoms with Crippen molar-refractivity contribution in [2.75, 3.05) is 0 Å². The predicted octanol–water partition coefficient (Wildman–Crippen LogP) is 3.82. The minimum Gasteiger partial charge on any atom is -0.506 e. The monoisotopic (exact) mass is 324 g/mol. The fourth-order valence-corrected chi connectivity index (χ4v) is 2.00. The molecule has 1 N–H and O–H groups in total. The molecule has 0 heterocycles. The zero-order chi connectivity index (χ0) is 14.0. The van der Waals surface area contributed by atoms with E-state index in [9.17, 15) is 14.3 Å². The number of esters is 1. The molecule has 0 spiro atoms. The highest BCUT2D eigenvalue weighted by Gasteiger charge is 2.21. The van der Waals surface area contributed by atoms with Crippen LogP contribution < -0.4 is 4.74 Å². The maximum Gasteiger partial charge on any atom is 0.347 e. The minimum absolute atomic E-state index is 0.0432. The van der Waals surface area contributed by atoms with Crippen LogP contribution in [-0.4, -0.2) is 11.1 Å². The van der Waals surface area contributed by atoms with E-state index in [0.29, 0.717) is 5.75 Å². The van der Waals surface area contributed by atoms with Gasteiger partial charge >= 0.3 is 5.97 Å². The molecule has 0 saturated carbocycles. The van der Waals surface area contributed by atoms with Crippen LogP contribution in [0.15, 0.2) is 40.9 Å². The smallest absolute Gasteiger partial charge is 0.347 e. The maximum absolute atomic E-state index is 13.6. The molecule has 3 nitrogen and oxygen atoms in total. The average Bonchev–Trinajstić information content (AvgIpc) is 2.38. The Morgan fingerprint density at radius 2 is 1.95 bits per heavy atom. The van der Waals surface area contributed by atoms with Gasteiger partial charge in [-0.25, -0.2) is 9.18 Å². The highest BCUT2D eigenvalue weighted by molar-refractivity contribution is 9.10. The lowest BCUT2D eigenvalue weighted by atomic mass is 10.1. The Hall–Kier alpha value is -1.88. The molecule has 0 aliphatic carbocycles. The van der Waals surface area contributed by atoms with Gasteiger partial charge in [-0.2, -0.15) is 0 Å². The van der Waals surface area contributed by atoms with Crippen LogP contribution in [0, 0.1) is 12.7 Å². The predicted molar refractivity (Wildman–Crippen MR) is 71.9 cm³/mol. The lowest BCUT2D eigenvalue weighted by Crippen LogP contribution is -2.11. The number of carbonyl (C=O) groups is 1. The summed E-state index contributed by atoms with van der Waals surface area (Å²) in [4.78, 5) is 12.0. The molecular weight excluding hydrogens is 315 g/mol. The number of hydrogen-bond acceptors (Lipinski definition) is 3. The van der Waals surface area contributed by atoms with Gasteiger partial charge in [0.2, 0.25) is 0 Å². The molecule has 0 atom stereocenters. The van der Waals surface area contributed by atoms with Crippen LogP contribution in [0.2, 0.25) is 0 Å². The molecule has 0 radical (unpaired) electrons. The van der Waals surface area contributed by atoms with Crippen molar-refractivity contribution < 1.29 is 19.0 Å². The molecule has 0 aliphatic heterocycles. The SMILES string of the molecule is Cc1c(F)cc(Br)c(O)c1C(=O)Oc1ccccc1. The Balaban J connectivity index is 2.40. The molecular formula is C14H10BrFO3. The molecule has 19 heavy (non-hydrogen) atoms. The van der Waals surface area contributed by atoms with Crippen molar-refractivity contribution in [3.8, 4) is 11.5 Å². The number of rotatable bonds is 2. The van der Waals surface area contributed by atoms with E-state index in [1.807, 2.05) is 0 Å². The van der Waals surface area contributed by atoms with Gasteiger partial charge in [0.05, 0.1) is 4.47 Å². The Labute approximate surface area is 117 Å². The normalized spacial score (nSPS) is 10.3. The largest absolute Gasteiger partial charge is 0.506 e. The molecule has 2 rings (SSSR count). The second-order valence-electron chi connectivity index (χ2n) is 3.89. The molecule has 2 aromatic rings. The lowest BCUT2D eigenvalue weighted by Gasteiger charge is -2.10. The zero-order valence-corrected chi connectivity index (χ0v) is 11.6. The molecule has 0 amide bonds. The summed E-state index contributed by atoms with van der Waals surface area (Å²) in [6, 6.07) is 9.48. The summed E-state index contributed by atoms with van der Waals surface area (Å²) in [6.07, 6.45) is 0. The summed E-state index contributed by atoms with van der Waals surface area (Å²) in [5.74, 6) is -1.40. The number of phenolic OH excluding ortho intramolecular Hbond substituents is 1. The molecule has 0 aliphatic rings. The Morgan fingerprint density at radius 1 is 1.32 bits per heavy atom. The first kappa shape index (κ1) is 13.5. The van der Waals surface area contributed by atoms with Crippen LogP contribution >= 0.6 is 15.9 Å². The number of para-hydroxylation sites is 1. The first-order chi connectivity index (χ1) is 9.00. The fourth-order valence-electron chi connectivity index (χ4n) is 1.60. The first-order valence-electron chi connectivity index (χ1n) is 5.45. The molecule has 0 unspecified atom stereocenters. The van der Waals surface area contributed by atoms with Crippen LogP contribution in [0.1, 0.15) is 15.9 Å². The average molecular weight is 325 g/mol. The Kier molecular flexibility index (Phi) is 3.85. The minimum atomic E-state index is -0.804. The van der Waals surface area contributed by atoms with Crippen LogP contribution in [0.3, 0.4) is 0 Å². The number of halogens is 2. The summed E-state index contributed by atoms with van der Waals surface area (Å²) in [5, 5.41) is 9.84. The Morgan fingerprint density at radius 3 is 2.58 bits per heavy atom. The van der Waals surface area contributed by atoms with Gasteiger partial charge in [-0.15, -0.1) is 0 Å². The van der Waals surface area contributed by atoms with E-state index < -0.39 is 11.8 Å². The van der Waals surface area contributed by atoms with E-state index >= 15 is 0 Å². The third-order valence-corrected chi connectivity index (χ3v) is 3.21. The Bertz CT molecular complexity index is 600. The fraction of sp³-hybridized carbons (Fsp3) is 0.0714. The second kappa shape index (κ2) is 5.40. The highest BCUT2D eigenvalue weighted by atomic mass is 79.9. The van der Waals surface area contributed by atoms with E-state index in [1.54, 1.807) is 30.3 Å². The molecule has 0 bridgehead atoms. The maximum atomic E-state index is 13.6. The van der Waals surface area contributed by atoms with Crippen LogP contribution in [0.4, 0.5) is 4.39 Å². The second-order valence-corrected chi connectivity index (χ2v) is 4.75. The van der Waals surface area contributed by atoms with E-state index in [1.165, 1.54) is 6.92 Å². The number of benzene rings is 2. The van der Waals surface area contributed by atoms with E-state index in [2.05, 4.69) is 15.9 Å². The van der Waals surface area contributed by atoms with Crippen molar-refractivity contribution in [1.29, 1.82) is 0 Å². The summed E-state index contributed by atoms with van der Waals surface area (Å²) in [5.41, 5.74) is -0.141. The van der Waals surface area contributed by atoms with Crippen molar-refractivity contribution in [1.82, 2.24) is 0 Å². The first-order valence-corrected chi connectivity index (χ1v) is 6.24. The lowest BCUT2D eigenvalue weighted by molar-refractivity contribution is 0.0730.